The highest BCUT2D eigenvalue weighted by molar-refractivity contribution is 5.51. The first-order chi connectivity index (χ1) is 12.0. The number of aromatic nitrogens is 2. The van der Waals surface area contributed by atoms with E-state index >= 15 is 0 Å². The van der Waals surface area contributed by atoms with Crippen molar-refractivity contribution in [2.45, 2.75) is 6.42 Å². The molecule has 1 N–H and O–H groups in total. The van der Waals surface area contributed by atoms with Gasteiger partial charge in [-0.3, -0.25) is 13.9 Å². The zero-order valence-electron chi connectivity index (χ0n) is 14.4. The van der Waals surface area contributed by atoms with Gasteiger partial charge in [0, 0.05) is 39.4 Å². The smallest absolute Gasteiger partial charge is 0.332 e. The van der Waals surface area contributed by atoms with Gasteiger partial charge in [-0.1, -0.05) is 18.2 Å². The second-order valence-corrected chi connectivity index (χ2v) is 6.36. The molecule has 0 saturated carbocycles. The highest BCUT2D eigenvalue weighted by Crippen LogP contribution is 2.23. The number of nitrogens with one attached hydrogen (secondary N) is 1. The van der Waals surface area contributed by atoms with E-state index < -0.39 is 11.2 Å². The minimum atomic E-state index is -0.564. The van der Waals surface area contributed by atoms with Crippen molar-refractivity contribution in [1.29, 1.82) is 5.26 Å². The molecule has 0 bridgehead atoms. The van der Waals surface area contributed by atoms with Gasteiger partial charge in [0.05, 0.1) is 0 Å². The normalized spacial score (nSPS) is 16.7. The zero-order valence-corrected chi connectivity index (χ0v) is 14.4. The van der Waals surface area contributed by atoms with Crippen molar-refractivity contribution in [3.8, 4) is 6.07 Å². The summed E-state index contributed by atoms with van der Waals surface area (Å²) >= 11 is 0. The molecule has 1 unspecified atom stereocenters. The second kappa shape index (κ2) is 6.85. The predicted octanol–water partition coefficient (Wildman–Crippen LogP) is 0.894. The predicted molar refractivity (Wildman–Crippen MR) is 96.9 cm³/mol. The summed E-state index contributed by atoms with van der Waals surface area (Å²) in [4.78, 5) is 26.5. The second-order valence-electron chi connectivity index (χ2n) is 6.36. The highest BCUT2D eigenvalue weighted by Gasteiger charge is 2.23. The lowest BCUT2D eigenvalue weighted by Crippen LogP contribution is -2.40. The number of benzene rings is 1. The van der Waals surface area contributed by atoms with E-state index in [-0.39, 0.29) is 5.56 Å². The molecule has 0 radical (unpaired) electrons. The molecule has 0 aliphatic carbocycles. The molecule has 7 heteroatoms. The zero-order chi connectivity index (χ0) is 18.0. The molecule has 2 heterocycles. The summed E-state index contributed by atoms with van der Waals surface area (Å²) < 4.78 is 2.28. The fraction of sp³-hybridized carbons (Fsp3) is 0.389. The molecular formula is C18H21N5O2. The summed E-state index contributed by atoms with van der Waals surface area (Å²) in [6.07, 6.45) is 1.02. The van der Waals surface area contributed by atoms with Crippen LogP contribution in [-0.2, 0) is 14.1 Å². The number of hydrogen-bond acceptors (Lipinski definition) is 5. The Kier molecular flexibility index (Phi) is 4.61. The van der Waals surface area contributed by atoms with Crippen LogP contribution in [0.1, 0.15) is 12.0 Å². The maximum atomic E-state index is 12.1. The van der Waals surface area contributed by atoms with E-state index in [0.717, 1.165) is 24.1 Å². The number of nitrogens with zero attached hydrogens (tertiary/aromatic N) is 4. The molecule has 25 heavy (non-hydrogen) atoms. The van der Waals surface area contributed by atoms with Crippen molar-refractivity contribution in [2.75, 3.05) is 29.9 Å². The molecule has 1 aliphatic heterocycles. The molecular weight excluding hydrogens is 318 g/mol. The van der Waals surface area contributed by atoms with Crippen LogP contribution in [-0.4, -0.2) is 28.8 Å². The summed E-state index contributed by atoms with van der Waals surface area (Å²) in [7, 11) is 2.94. The van der Waals surface area contributed by atoms with Gasteiger partial charge in [0.2, 0.25) is 0 Å². The Labute approximate surface area is 145 Å². The van der Waals surface area contributed by atoms with Crippen LogP contribution in [0.4, 0.5) is 11.5 Å². The van der Waals surface area contributed by atoms with Gasteiger partial charge in [0.1, 0.15) is 11.9 Å². The molecule has 1 atom stereocenters. The van der Waals surface area contributed by atoms with Crippen molar-refractivity contribution in [2.24, 2.45) is 20.0 Å². The summed E-state index contributed by atoms with van der Waals surface area (Å²) in [6.45, 7) is 2.48. The third kappa shape index (κ3) is 3.15. The molecule has 3 rings (SSSR count). The fourth-order valence-corrected chi connectivity index (χ4v) is 3.27. The first kappa shape index (κ1) is 16.8. The number of rotatable bonds is 4. The van der Waals surface area contributed by atoms with Crippen LogP contribution in [0.15, 0.2) is 39.9 Å². The first-order valence-electron chi connectivity index (χ1n) is 8.27. The van der Waals surface area contributed by atoms with Crippen LogP contribution in [0.25, 0.3) is 0 Å². The van der Waals surface area contributed by atoms with E-state index in [1.54, 1.807) is 7.05 Å². The Bertz CT molecular complexity index is 923. The molecule has 1 saturated heterocycles. The average Bonchev–Trinajstić information content (AvgIpc) is 3.11. The van der Waals surface area contributed by atoms with Crippen LogP contribution in [0.5, 0.6) is 0 Å². The lowest BCUT2D eigenvalue weighted by atomic mass is 10.1. The summed E-state index contributed by atoms with van der Waals surface area (Å²) in [5.74, 6) is 0.680. The Hall–Kier alpha value is -3.01. The SMILES string of the molecule is Cn1c(NCC2CCN(c3ccccc3)C2)c(C#N)c(=O)n(C)c1=O. The van der Waals surface area contributed by atoms with Crippen molar-refractivity contribution in [3.63, 3.8) is 0 Å². The van der Waals surface area contributed by atoms with Crippen LogP contribution in [0.2, 0.25) is 0 Å². The average molecular weight is 339 g/mol. The van der Waals surface area contributed by atoms with E-state index in [1.807, 2.05) is 24.3 Å². The third-order valence-corrected chi connectivity index (χ3v) is 4.74. The largest absolute Gasteiger partial charge is 0.371 e. The third-order valence-electron chi connectivity index (χ3n) is 4.74. The highest BCUT2D eigenvalue weighted by atomic mass is 16.2. The summed E-state index contributed by atoms with van der Waals surface area (Å²) in [5.41, 5.74) is 0.167. The van der Waals surface area contributed by atoms with Crippen LogP contribution >= 0.6 is 0 Å². The molecule has 130 valence electrons. The van der Waals surface area contributed by atoms with Gasteiger partial charge in [0.15, 0.2) is 5.56 Å². The molecule has 0 spiro atoms. The van der Waals surface area contributed by atoms with E-state index in [4.69, 9.17) is 0 Å². The van der Waals surface area contributed by atoms with Gasteiger partial charge < -0.3 is 10.2 Å². The van der Waals surface area contributed by atoms with Crippen molar-refractivity contribution >= 4 is 11.5 Å². The van der Waals surface area contributed by atoms with E-state index in [0.29, 0.717) is 18.3 Å². The summed E-state index contributed by atoms with van der Waals surface area (Å²) in [5, 5.41) is 12.5. The monoisotopic (exact) mass is 339 g/mol. The molecule has 0 amide bonds. The van der Waals surface area contributed by atoms with Gasteiger partial charge in [-0.05, 0) is 24.5 Å². The van der Waals surface area contributed by atoms with Gasteiger partial charge in [-0.25, -0.2) is 4.79 Å². The maximum Gasteiger partial charge on any atom is 0.332 e. The molecule has 2 aromatic rings. The number of anilines is 2. The summed E-state index contributed by atoms with van der Waals surface area (Å²) in [6, 6.07) is 12.1. The lowest BCUT2D eigenvalue weighted by Gasteiger charge is -2.19. The van der Waals surface area contributed by atoms with E-state index in [2.05, 4.69) is 22.3 Å². The Morgan fingerprint density at radius 2 is 1.92 bits per heavy atom. The van der Waals surface area contributed by atoms with Gasteiger partial charge in [-0.2, -0.15) is 5.26 Å². The van der Waals surface area contributed by atoms with Gasteiger partial charge in [0.25, 0.3) is 5.56 Å². The number of para-hydroxylation sites is 1. The standard InChI is InChI=1S/C18H21N5O2/c1-21-16(15(10-19)17(24)22(2)18(21)25)20-11-13-8-9-23(12-13)14-6-4-3-5-7-14/h3-7,13,20H,8-9,11-12H2,1-2H3. The maximum absolute atomic E-state index is 12.1. The molecule has 1 fully saturated rings. The first-order valence-corrected chi connectivity index (χ1v) is 8.27. The van der Waals surface area contributed by atoms with Crippen LogP contribution in [0.3, 0.4) is 0 Å². The molecule has 1 aromatic heterocycles. The van der Waals surface area contributed by atoms with E-state index in [1.165, 1.54) is 17.3 Å². The number of hydrogen-bond donors (Lipinski definition) is 1. The van der Waals surface area contributed by atoms with Gasteiger partial charge >= 0.3 is 5.69 Å². The minimum Gasteiger partial charge on any atom is -0.371 e. The minimum absolute atomic E-state index is 0.0255. The molecule has 1 aliphatic rings. The quantitative estimate of drug-likeness (QED) is 0.895. The van der Waals surface area contributed by atoms with Crippen LogP contribution in [0, 0.1) is 17.2 Å². The van der Waals surface area contributed by atoms with E-state index in [9.17, 15) is 14.9 Å². The Balaban J connectivity index is 1.74. The molecule has 1 aromatic carbocycles. The molecule has 7 nitrogen and oxygen atoms in total. The van der Waals surface area contributed by atoms with Crippen molar-refractivity contribution < 1.29 is 0 Å². The van der Waals surface area contributed by atoms with Crippen LogP contribution < -0.4 is 21.5 Å². The Morgan fingerprint density at radius 3 is 2.60 bits per heavy atom. The Morgan fingerprint density at radius 1 is 1.20 bits per heavy atom. The van der Waals surface area contributed by atoms with Crippen molar-refractivity contribution in [1.82, 2.24) is 9.13 Å². The van der Waals surface area contributed by atoms with Crippen molar-refractivity contribution in [3.05, 3.63) is 56.7 Å². The van der Waals surface area contributed by atoms with Gasteiger partial charge in [-0.15, -0.1) is 0 Å². The number of nitriles is 1. The topological polar surface area (TPSA) is 83.1 Å². The fourth-order valence-electron chi connectivity index (χ4n) is 3.27. The lowest BCUT2D eigenvalue weighted by molar-refractivity contribution is 0.612.